The number of hydrazine groups is 1. The molecule has 0 radical (unpaired) electrons. The van der Waals surface area contributed by atoms with Crippen molar-refractivity contribution in [2.45, 2.75) is 27.2 Å². The molecule has 1 saturated carbocycles. The van der Waals surface area contributed by atoms with Gasteiger partial charge in [-0.3, -0.25) is 15.6 Å². The van der Waals surface area contributed by atoms with Crippen molar-refractivity contribution in [2.24, 2.45) is 11.3 Å². The summed E-state index contributed by atoms with van der Waals surface area (Å²) in [5.74, 6) is 1.04. The zero-order chi connectivity index (χ0) is 13.3. The summed E-state index contributed by atoms with van der Waals surface area (Å²) < 4.78 is 5.19. The van der Waals surface area contributed by atoms with E-state index in [1.165, 1.54) is 0 Å². The minimum Gasteiger partial charge on any atom is -0.496 e. The monoisotopic (exact) mass is 248 g/mol. The maximum absolute atomic E-state index is 11.8. The molecule has 1 aliphatic carbocycles. The summed E-state index contributed by atoms with van der Waals surface area (Å²) in [5, 5.41) is 0. The summed E-state index contributed by atoms with van der Waals surface area (Å²) >= 11 is 0. The summed E-state index contributed by atoms with van der Waals surface area (Å²) in [6, 6.07) is 5.70. The van der Waals surface area contributed by atoms with Crippen LogP contribution in [-0.2, 0) is 4.79 Å². The van der Waals surface area contributed by atoms with E-state index in [0.717, 1.165) is 23.4 Å². The van der Waals surface area contributed by atoms with E-state index in [0.29, 0.717) is 0 Å². The highest BCUT2D eigenvalue weighted by Crippen LogP contribution is 2.51. The summed E-state index contributed by atoms with van der Waals surface area (Å²) in [7, 11) is 1.65. The molecule has 0 aliphatic heterocycles. The first-order valence-corrected chi connectivity index (χ1v) is 6.14. The topological polar surface area (TPSA) is 50.4 Å². The number of hydrogen-bond donors (Lipinski definition) is 2. The van der Waals surface area contributed by atoms with Crippen molar-refractivity contribution < 1.29 is 9.53 Å². The SMILES string of the molecule is COc1ccc(NNC(=O)[C@H]2CC2(C)C)cc1C. The van der Waals surface area contributed by atoms with Crippen LogP contribution in [0.5, 0.6) is 5.75 Å². The summed E-state index contributed by atoms with van der Waals surface area (Å²) in [6.45, 7) is 6.18. The Bertz CT molecular complexity index is 469. The molecule has 1 atom stereocenters. The van der Waals surface area contributed by atoms with Crippen molar-refractivity contribution in [1.82, 2.24) is 5.43 Å². The van der Waals surface area contributed by atoms with Gasteiger partial charge < -0.3 is 4.74 Å². The lowest BCUT2D eigenvalue weighted by atomic mass is 10.1. The zero-order valence-corrected chi connectivity index (χ0v) is 11.3. The molecule has 0 bridgehead atoms. The Morgan fingerprint density at radius 1 is 1.44 bits per heavy atom. The largest absolute Gasteiger partial charge is 0.496 e. The molecule has 98 valence electrons. The third-order valence-electron chi connectivity index (χ3n) is 3.55. The fourth-order valence-corrected chi connectivity index (χ4v) is 2.09. The van der Waals surface area contributed by atoms with Gasteiger partial charge >= 0.3 is 0 Å². The average molecular weight is 248 g/mol. The lowest BCUT2D eigenvalue weighted by Crippen LogP contribution is -2.31. The van der Waals surface area contributed by atoms with Crippen LogP contribution in [0.4, 0.5) is 5.69 Å². The van der Waals surface area contributed by atoms with Gasteiger partial charge in [-0.2, -0.15) is 0 Å². The van der Waals surface area contributed by atoms with E-state index in [4.69, 9.17) is 4.74 Å². The Hall–Kier alpha value is -1.71. The van der Waals surface area contributed by atoms with Crippen LogP contribution in [0.3, 0.4) is 0 Å². The second-order valence-corrected chi connectivity index (χ2v) is 5.54. The number of methoxy groups -OCH3 is 1. The standard InChI is InChI=1S/C14H20N2O2/c1-9-7-10(5-6-12(9)18-4)15-16-13(17)11-8-14(11,2)3/h5-7,11,15H,8H2,1-4H3,(H,16,17)/t11-/m1/s1. The van der Waals surface area contributed by atoms with Crippen LogP contribution in [0.2, 0.25) is 0 Å². The van der Waals surface area contributed by atoms with E-state index in [1.54, 1.807) is 7.11 Å². The molecule has 18 heavy (non-hydrogen) atoms. The van der Waals surface area contributed by atoms with Gasteiger partial charge in [0.05, 0.1) is 12.8 Å². The minimum atomic E-state index is 0.0634. The molecule has 0 saturated heterocycles. The Morgan fingerprint density at radius 2 is 2.11 bits per heavy atom. The third-order valence-corrected chi connectivity index (χ3v) is 3.55. The van der Waals surface area contributed by atoms with Gasteiger partial charge in [0.2, 0.25) is 5.91 Å². The number of ether oxygens (including phenoxy) is 1. The van der Waals surface area contributed by atoms with Gasteiger partial charge in [-0.05, 0) is 42.5 Å². The first kappa shape index (κ1) is 12.7. The second kappa shape index (κ2) is 4.52. The molecule has 1 aromatic carbocycles. The lowest BCUT2D eigenvalue weighted by Gasteiger charge is -2.11. The molecule has 0 heterocycles. The molecule has 1 aliphatic rings. The first-order valence-electron chi connectivity index (χ1n) is 6.14. The molecule has 4 heteroatoms. The smallest absolute Gasteiger partial charge is 0.241 e. The molecular formula is C14H20N2O2. The van der Waals surface area contributed by atoms with E-state index < -0.39 is 0 Å². The molecule has 2 N–H and O–H groups in total. The Balaban J connectivity index is 1.91. The van der Waals surface area contributed by atoms with Crippen LogP contribution in [0.25, 0.3) is 0 Å². The van der Waals surface area contributed by atoms with Gasteiger partial charge in [-0.15, -0.1) is 0 Å². The van der Waals surface area contributed by atoms with Crippen molar-refractivity contribution in [3.8, 4) is 5.75 Å². The van der Waals surface area contributed by atoms with Gasteiger partial charge in [-0.25, -0.2) is 0 Å². The molecular weight excluding hydrogens is 228 g/mol. The normalized spacial score (nSPS) is 20.1. The maximum Gasteiger partial charge on any atom is 0.241 e. The average Bonchev–Trinajstić information content (AvgIpc) is 2.96. The van der Waals surface area contributed by atoms with Crippen molar-refractivity contribution in [3.05, 3.63) is 23.8 Å². The summed E-state index contributed by atoms with van der Waals surface area (Å²) in [6.07, 6.45) is 0.960. The van der Waals surface area contributed by atoms with Crippen molar-refractivity contribution in [1.29, 1.82) is 0 Å². The van der Waals surface area contributed by atoms with Crippen molar-refractivity contribution >= 4 is 11.6 Å². The van der Waals surface area contributed by atoms with E-state index >= 15 is 0 Å². The molecule has 2 rings (SSSR count). The number of anilines is 1. The van der Waals surface area contributed by atoms with Gasteiger partial charge in [0.25, 0.3) is 0 Å². The van der Waals surface area contributed by atoms with E-state index in [1.807, 2.05) is 25.1 Å². The fraction of sp³-hybridized carbons (Fsp3) is 0.500. The van der Waals surface area contributed by atoms with Crippen LogP contribution >= 0.6 is 0 Å². The van der Waals surface area contributed by atoms with E-state index in [9.17, 15) is 4.79 Å². The number of hydrogen-bond acceptors (Lipinski definition) is 3. The van der Waals surface area contributed by atoms with Crippen molar-refractivity contribution in [2.75, 3.05) is 12.5 Å². The number of carbonyl (C=O) groups is 1. The maximum atomic E-state index is 11.8. The number of carbonyl (C=O) groups excluding carboxylic acids is 1. The van der Waals surface area contributed by atoms with Crippen molar-refractivity contribution in [3.63, 3.8) is 0 Å². The Labute approximate surface area is 108 Å². The number of aryl methyl sites for hydroxylation is 1. The van der Waals surface area contributed by atoms with E-state index in [-0.39, 0.29) is 17.2 Å². The predicted molar refractivity (Wildman–Crippen MR) is 71.4 cm³/mol. The highest BCUT2D eigenvalue weighted by molar-refractivity contribution is 5.83. The molecule has 1 aromatic rings. The third kappa shape index (κ3) is 2.58. The molecule has 0 spiro atoms. The molecule has 0 unspecified atom stereocenters. The summed E-state index contributed by atoms with van der Waals surface area (Å²) in [4.78, 5) is 11.8. The Morgan fingerprint density at radius 3 is 2.61 bits per heavy atom. The fourth-order valence-electron chi connectivity index (χ4n) is 2.09. The summed E-state index contributed by atoms with van der Waals surface area (Å²) in [5.41, 5.74) is 7.74. The Kier molecular flexibility index (Phi) is 3.20. The highest BCUT2D eigenvalue weighted by Gasteiger charge is 2.50. The number of rotatable bonds is 4. The molecule has 0 aromatic heterocycles. The number of amides is 1. The molecule has 1 amide bonds. The van der Waals surface area contributed by atoms with Crippen LogP contribution < -0.4 is 15.6 Å². The second-order valence-electron chi connectivity index (χ2n) is 5.54. The lowest BCUT2D eigenvalue weighted by molar-refractivity contribution is -0.122. The minimum absolute atomic E-state index is 0.0634. The van der Waals surface area contributed by atoms with Crippen LogP contribution in [0, 0.1) is 18.3 Å². The van der Waals surface area contributed by atoms with Crippen LogP contribution in [0.15, 0.2) is 18.2 Å². The van der Waals surface area contributed by atoms with Gasteiger partial charge in [-0.1, -0.05) is 13.8 Å². The van der Waals surface area contributed by atoms with Gasteiger partial charge in [0.15, 0.2) is 0 Å². The predicted octanol–water partition coefficient (Wildman–Crippen LogP) is 2.49. The van der Waals surface area contributed by atoms with Crippen LogP contribution in [0.1, 0.15) is 25.8 Å². The van der Waals surface area contributed by atoms with Crippen LogP contribution in [-0.4, -0.2) is 13.0 Å². The molecule has 1 fully saturated rings. The quantitative estimate of drug-likeness (QED) is 0.805. The first-order chi connectivity index (χ1) is 8.44. The van der Waals surface area contributed by atoms with Gasteiger partial charge in [0.1, 0.15) is 5.75 Å². The zero-order valence-electron chi connectivity index (χ0n) is 11.3. The number of benzene rings is 1. The highest BCUT2D eigenvalue weighted by atomic mass is 16.5. The van der Waals surface area contributed by atoms with E-state index in [2.05, 4.69) is 24.7 Å². The van der Waals surface area contributed by atoms with Gasteiger partial charge in [0, 0.05) is 5.92 Å². The number of nitrogens with one attached hydrogen (secondary N) is 2. The molecule has 4 nitrogen and oxygen atoms in total.